The van der Waals surface area contributed by atoms with Gasteiger partial charge < -0.3 is 20.9 Å². The van der Waals surface area contributed by atoms with Crippen LogP contribution in [0.5, 0.6) is 0 Å². The molecule has 0 spiro atoms. The zero-order chi connectivity index (χ0) is 33.1. The summed E-state index contributed by atoms with van der Waals surface area (Å²) < 4.78 is 1.88. The Hall–Kier alpha value is -5.12. The highest BCUT2D eigenvalue weighted by Gasteiger charge is 2.34. The second kappa shape index (κ2) is 13.3. The number of piperazine rings is 1. The number of nitrogens with one attached hydrogen (secondary N) is 1. The first-order chi connectivity index (χ1) is 22.6. The summed E-state index contributed by atoms with van der Waals surface area (Å²) in [6, 6.07) is 16.4. The number of amides is 2. The number of carbonyl (C=O) groups is 2. The number of nitriles is 1. The van der Waals surface area contributed by atoms with Gasteiger partial charge in [-0.3, -0.25) is 19.2 Å². The van der Waals surface area contributed by atoms with Gasteiger partial charge in [-0.2, -0.15) is 10.4 Å². The van der Waals surface area contributed by atoms with Gasteiger partial charge in [0.15, 0.2) is 0 Å². The van der Waals surface area contributed by atoms with Crippen LogP contribution in [-0.2, 0) is 11.3 Å². The van der Waals surface area contributed by atoms with Crippen LogP contribution in [0.15, 0.2) is 72.6 Å². The van der Waals surface area contributed by atoms with E-state index in [1.54, 1.807) is 36.7 Å². The van der Waals surface area contributed by atoms with Gasteiger partial charge in [0.2, 0.25) is 0 Å². The number of hydrogen-bond acceptors (Lipinski definition) is 9. The smallest absolute Gasteiger partial charge is 0.264 e. The molecule has 3 aromatic heterocycles. The second-order valence-electron chi connectivity index (χ2n) is 12.8. The third kappa shape index (κ3) is 6.72. The maximum absolute atomic E-state index is 13.8. The summed E-state index contributed by atoms with van der Waals surface area (Å²) in [5, 5.41) is 18.6. The number of nitrogen functional groups attached to an aromatic ring is 1. The predicted molar refractivity (Wildman–Crippen MR) is 181 cm³/mol. The molecular weight excluding hydrogens is 592 g/mol. The van der Waals surface area contributed by atoms with E-state index < -0.39 is 5.54 Å². The summed E-state index contributed by atoms with van der Waals surface area (Å²) in [4.78, 5) is 41.5. The number of rotatable bonds is 8. The maximum atomic E-state index is 13.8. The van der Waals surface area contributed by atoms with Crippen LogP contribution >= 0.6 is 0 Å². The average Bonchev–Trinajstić information content (AvgIpc) is 3.70. The first-order valence-corrected chi connectivity index (χ1v) is 16.0. The van der Waals surface area contributed by atoms with E-state index in [2.05, 4.69) is 52.0 Å². The minimum absolute atomic E-state index is 0.144. The van der Waals surface area contributed by atoms with Crippen LogP contribution in [0.1, 0.15) is 37.0 Å². The van der Waals surface area contributed by atoms with Gasteiger partial charge >= 0.3 is 0 Å². The highest BCUT2D eigenvalue weighted by Crippen LogP contribution is 2.33. The summed E-state index contributed by atoms with van der Waals surface area (Å²) in [6.45, 7) is 8.82. The number of likely N-dealkylation sites (N-methyl/N-ethyl adjacent to an activating group) is 1. The molecule has 2 aliphatic heterocycles. The third-order valence-electron chi connectivity index (χ3n) is 9.21. The van der Waals surface area contributed by atoms with Crippen molar-refractivity contribution in [3.05, 3.63) is 78.1 Å². The number of benzene rings is 1. The minimum atomic E-state index is -0.427. The molecule has 242 valence electrons. The molecule has 12 heteroatoms. The molecule has 0 radical (unpaired) electrons. The van der Waals surface area contributed by atoms with Gasteiger partial charge in [-0.15, -0.1) is 0 Å². The Bertz CT molecular complexity index is 1830. The van der Waals surface area contributed by atoms with E-state index in [1.165, 1.54) is 0 Å². The molecule has 0 unspecified atom stereocenters. The lowest BCUT2D eigenvalue weighted by atomic mass is 9.97. The number of carbonyl (C=O) groups excluding carboxylic acids is 2. The maximum Gasteiger partial charge on any atom is 0.264 e. The van der Waals surface area contributed by atoms with Crippen LogP contribution in [0.3, 0.4) is 0 Å². The van der Waals surface area contributed by atoms with Gasteiger partial charge in [-0.25, -0.2) is 9.97 Å². The molecule has 0 bridgehead atoms. The molecule has 2 fully saturated rings. The molecular formula is C35H40N10O2. The zero-order valence-electron chi connectivity index (χ0n) is 27.1. The molecule has 2 aliphatic rings. The Morgan fingerprint density at radius 1 is 1.04 bits per heavy atom. The van der Waals surface area contributed by atoms with Crippen LogP contribution in [0.25, 0.3) is 22.2 Å². The van der Waals surface area contributed by atoms with Crippen LogP contribution in [0, 0.1) is 11.3 Å². The SMILES string of the molecule is CN1CCN(C(C)(C)C=C(C#N)C(=O)N2CCC[C@H]2Cn2nc(-c3ccc(C(=O)Nc4ccccn4)cc3)c3c(N)nccc32)CC1. The fraction of sp³-hybridized carbons (Fsp3) is 0.371. The normalized spacial score (nSPS) is 18.0. The topological polar surface area (TPSA) is 149 Å². The first kappa shape index (κ1) is 31.8. The van der Waals surface area contributed by atoms with Crippen LogP contribution < -0.4 is 11.1 Å². The van der Waals surface area contributed by atoms with E-state index in [-0.39, 0.29) is 23.4 Å². The van der Waals surface area contributed by atoms with Crippen molar-refractivity contribution in [2.75, 3.05) is 50.8 Å². The van der Waals surface area contributed by atoms with E-state index in [9.17, 15) is 14.9 Å². The number of anilines is 2. The van der Waals surface area contributed by atoms with Crippen molar-refractivity contribution in [3.8, 4) is 17.3 Å². The summed E-state index contributed by atoms with van der Waals surface area (Å²) in [5.41, 5.74) is 8.84. The predicted octanol–water partition coefficient (Wildman–Crippen LogP) is 3.79. The fourth-order valence-corrected chi connectivity index (χ4v) is 6.51. The van der Waals surface area contributed by atoms with Crippen LogP contribution in [0.4, 0.5) is 11.6 Å². The average molecular weight is 633 g/mol. The van der Waals surface area contributed by atoms with Crippen molar-refractivity contribution in [1.82, 2.24) is 34.4 Å². The first-order valence-electron chi connectivity index (χ1n) is 16.0. The molecule has 6 rings (SSSR count). The minimum Gasteiger partial charge on any atom is -0.383 e. The monoisotopic (exact) mass is 632 g/mol. The summed E-state index contributed by atoms with van der Waals surface area (Å²) in [5.74, 6) is 0.312. The molecule has 1 atom stereocenters. The quantitative estimate of drug-likeness (QED) is 0.219. The Labute approximate surface area is 274 Å². The molecule has 0 saturated carbocycles. The van der Waals surface area contributed by atoms with Crippen LogP contribution in [-0.4, -0.2) is 97.6 Å². The van der Waals surface area contributed by atoms with Crippen molar-refractivity contribution in [1.29, 1.82) is 5.26 Å². The third-order valence-corrected chi connectivity index (χ3v) is 9.21. The largest absolute Gasteiger partial charge is 0.383 e. The van der Waals surface area contributed by atoms with Crippen molar-refractivity contribution in [2.45, 2.75) is 44.8 Å². The summed E-state index contributed by atoms with van der Waals surface area (Å²) >= 11 is 0. The van der Waals surface area contributed by atoms with Gasteiger partial charge in [0.1, 0.15) is 29.0 Å². The molecule has 2 amide bonds. The van der Waals surface area contributed by atoms with Gasteiger partial charge in [-0.1, -0.05) is 18.2 Å². The lowest BCUT2D eigenvalue weighted by Gasteiger charge is -2.42. The molecule has 2 saturated heterocycles. The highest BCUT2D eigenvalue weighted by molar-refractivity contribution is 6.05. The Morgan fingerprint density at radius 3 is 2.51 bits per heavy atom. The van der Waals surface area contributed by atoms with Crippen LogP contribution in [0.2, 0.25) is 0 Å². The molecule has 5 heterocycles. The molecule has 47 heavy (non-hydrogen) atoms. The molecule has 12 nitrogen and oxygen atoms in total. The van der Waals surface area contributed by atoms with Crippen molar-refractivity contribution < 1.29 is 9.59 Å². The molecule has 0 aliphatic carbocycles. The van der Waals surface area contributed by atoms with Crippen molar-refractivity contribution in [3.63, 3.8) is 0 Å². The van der Waals surface area contributed by atoms with E-state index in [0.29, 0.717) is 41.4 Å². The Balaban J connectivity index is 1.23. The van der Waals surface area contributed by atoms with Gasteiger partial charge in [0.25, 0.3) is 11.8 Å². The van der Waals surface area contributed by atoms with Gasteiger partial charge in [-0.05, 0) is 70.1 Å². The van der Waals surface area contributed by atoms with E-state index >= 15 is 0 Å². The number of aromatic nitrogens is 4. The molecule has 3 N–H and O–H groups in total. The van der Waals surface area contributed by atoms with Crippen molar-refractivity contribution >= 4 is 34.4 Å². The number of nitrogens with two attached hydrogens (primary N) is 1. The zero-order valence-corrected chi connectivity index (χ0v) is 27.1. The van der Waals surface area contributed by atoms with Gasteiger partial charge in [0.05, 0.1) is 23.5 Å². The molecule has 1 aromatic carbocycles. The Kier molecular flexibility index (Phi) is 9.02. The van der Waals surface area contributed by atoms with Gasteiger partial charge in [0, 0.05) is 61.8 Å². The van der Waals surface area contributed by atoms with E-state index in [4.69, 9.17) is 10.8 Å². The number of pyridine rings is 2. The number of likely N-dealkylation sites (tertiary alicyclic amines) is 1. The lowest BCUT2D eigenvalue weighted by molar-refractivity contribution is -0.127. The van der Waals surface area contributed by atoms with E-state index in [0.717, 1.165) is 50.1 Å². The van der Waals surface area contributed by atoms with Crippen molar-refractivity contribution in [2.24, 2.45) is 0 Å². The summed E-state index contributed by atoms with van der Waals surface area (Å²) in [7, 11) is 2.11. The summed E-state index contributed by atoms with van der Waals surface area (Å²) in [6.07, 6.45) is 6.75. The van der Waals surface area contributed by atoms with E-state index in [1.807, 2.05) is 39.9 Å². The number of hydrogen-bond donors (Lipinski definition) is 2. The number of fused-ring (bicyclic) bond motifs is 1. The molecule has 4 aromatic rings. The lowest BCUT2D eigenvalue weighted by Crippen LogP contribution is -2.53. The standard InChI is InChI=1S/C35H40N10O2/c1-35(2,43-19-17-42(3)18-20-43)21-26(22-36)34(47)44-16-6-7-27(44)23-45-28-13-15-39-32(37)30(28)31(41-45)24-9-11-25(12-10-24)33(46)40-29-8-4-5-14-38-29/h4-5,8-15,21,27H,6-7,16-20,23H2,1-3H3,(H2,37,39)(H,38,40,46)/t27-/m0/s1. The number of nitrogens with zero attached hydrogens (tertiary/aromatic N) is 8. The fourth-order valence-electron chi connectivity index (χ4n) is 6.51. The highest BCUT2D eigenvalue weighted by atomic mass is 16.2. The Morgan fingerprint density at radius 2 is 1.81 bits per heavy atom. The second-order valence-corrected chi connectivity index (χ2v) is 12.8.